The van der Waals surface area contributed by atoms with Crippen molar-refractivity contribution >= 4 is 17.5 Å². The molecule has 2 N–H and O–H groups in total. The maximum atomic E-state index is 14.5. The van der Waals surface area contributed by atoms with Crippen molar-refractivity contribution < 1.29 is 4.39 Å². The number of aromatic nitrogens is 2. The van der Waals surface area contributed by atoms with Crippen LogP contribution in [0.15, 0.2) is 42.5 Å². The Kier molecular flexibility index (Phi) is 6.80. The molecule has 1 aromatic heterocycles. The zero-order valence-corrected chi connectivity index (χ0v) is 20.5. The molecule has 1 atom stereocenters. The number of hydroxylamine groups is 1. The molecule has 0 amide bonds. The van der Waals surface area contributed by atoms with Crippen molar-refractivity contribution in [2.24, 2.45) is 0 Å². The summed E-state index contributed by atoms with van der Waals surface area (Å²) in [7, 11) is 0. The fourth-order valence-corrected chi connectivity index (χ4v) is 5.22. The van der Waals surface area contributed by atoms with Crippen LogP contribution >= 0.6 is 0 Å². The number of hydrogen-bond acceptors (Lipinski definition) is 6. The van der Waals surface area contributed by atoms with Gasteiger partial charge in [0.1, 0.15) is 18.2 Å². The van der Waals surface area contributed by atoms with Crippen LogP contribution in [0.1, 0.15) is 36.0 Å². The third-order valence-corrected chi connectivity index (χ3v) is 7.07. The fourth-order valence-electron chi connectivity index (χ4n) is 5.22. The van der Waals surface area contributed by atoms with Gasteiger partial charge in [-0.1, -0.05) is 24.6 Å². The summed E-state index contributed by atoms with van der Waals surface area (Å²) in [5, 5.41) is 21.1. The lowest BCUT2D eigenvalue weighted by atomic mass is 9.99. The topological polar surface area (TPSA) is 76.1 Å². The van der Waals surface area contributed by atoms with E-state index in [4.69, 9.17) is 9.97 Å². The van der Waals surface area contributed by atoms with E-state index in [0.717, 1.165) is 41.9 Å². The summed E-state index contributed by atoms with van der Waals surface area (Å²) in [6.45, 7) is 8.31. The Morgan fingerprint density at radius 1 is 1.06 bits per heavy atom. The van der Waals surface area contributed by atoms with Gasteiger partial charge in [-0.05, 0) is 63.5 Å². The molecule has 1 fully saturated rings. The summed E-state index contributed by atoms with van der Waals surface area (Å²) in [4.78, 5) is 12.1. The van der Waals surface area contributed by atoms with E-state index < -0.39 is 4.65 Å². The smallest absolute Gasteiger partial charge is 0.243 e. The molecule has 184 valence electrons. The first-order chi connectivity index (χ1) is 17.0. The number of anilines is 1. The second kappa shape index (κ2) is 9.99. The standard InChI is InChI=1S/C27H33FN6O/c1-19-8-4-5-9-24(19)34(35)18-29-17-23-25(22-11-10-21(28)16-20(22)2)31-27(32-26(23)34)30-12-15-33-13-6-3-7-14-33/h4-5,8-11,16,29H,3,6-7,12-15,17-18H2,1-2H3,(H,30,31,32). The van der Waals surface area contributed by atoms with Crippen molar-refractivity contribution in [1.82, 2.24) is 24.8 Å². The van der Waals surface area contributed by atoms with E-state index >= 15 is 0 Å². The number of nitrogens with zero attached hydrogens (tertiary/aromatic N) is 4. The third-order valence-electron chi connectivity index (χ3n) is 7.07. The first-order valence-corrected chi connectivity index (χ1v) is 12.5. The highest BCUT2D eigenvalue weighted by atomic mass is 19.1. The number of fused-ring (bicyclic) bond motifs is 1. The van der Waals surface area contributed by atoms with Crippen molar-refractivity contribution in [1.29, 1.82) is 0 Å². The Morgan fingerprint density at radius 3 is 2.63 bits per heavy atom. The summed E-state index contributed by atoms with van der Waals surface area (Å²) in [6, 6.07) is 12.3. The first-order valence-electron chi connectivity index (χ1n) is 12.5. The molecule has 0 radical (unpaired) electrons. The molecule has 1 unspecified atom stereocenters. The molecule has 7 nitrogen and oxygen atoms in total. The van der Waals surface area contributed by atoms with E-state index in [1.807, 2.05) is 38.1 Å². The Balaban J connectivity index is 1.57. The maximum absolute atomic E-state index is 14.5. The van der Waals surface area contributed by atoms with Crippen LogP contribution in [0.25, 0.3) is 11.3 Å². The maximum Gasteiger partial charge on any atom is 0.243 e. The average Bonchev–Trinajstić information content (AvgIpc) is 2.85. The molecule has 8 heteroatoms. The van der Waals surface area contributed by atoms with Crippen LogP contribution in [0.3, 0.4) is 0 Å². The van der Waals surface area contributed by atoms with E-state index in [1.165, 1.54) is 31.4 Å². The molecule has 0 aliphatic carbocycles. The number of para-hydroxylation sites is 1. The second-order valence-electron chi connectivity index (χ2n) is 9.60. The van der Waals surface area contributed by atoms with Crippen molar-refractivity contribution in [3.05, 3.63) is 70.2 Å². The molecule has 3 heterocycles. The SMILES string of the molecule is Cc1cc(F)ccc1-c1nc(NCCN2CCCCC2)nc2c1CNC[N+]2([O-])c1ccccc1C. The number of aryl methyl sites for hydroxylation is 2. The molecular formula is C27H33FN6O. The third kappa shape index (κ3) is 4.79. The van der Waals surface area contributed by atoms with Crippen molar-refractivity contribution in [2.75, 3.05) is 38.2 Å². The zero-order chi connectivity index (χ0) is 24.4. The normalized spacial score (nSPS) is 20.5. The predicted octanol–water partition coefficient (Wildman–Crippen LogP) is 4.99. The minimum atomic E-state index is -0.710. The summed E-state index contributed by atoms with van der Waals surface area (Å²) >= 11 is 0. The number of halogens is 1. The predicted molar refractivity (Wildman–Crippen MR) is 139 cm³/mol. The van der Waals surface area contributed by atoms with Crippen LogP contribution in [0.2, 0.25) is 0 Å². The zero-order valence-electron chi connectivity index (χ0n) is 20.5. The highest BCUT2D eigenvalue weighted by molar-refractivity contribution is 5.75. The van der Waals surface area contributed by atoms with Gasteiger partial charge in [0.05, 0.1) is 11.3 Å². The van der Waals surface area contributed by atoms with Crippen molar-refractivity contribution in [2.45, 2.75) is 39.7 Å². The van der Waals surface area contributed by atoms with Gasteiger partial charge < -0.3 is 15.4 Å². The summed E-state index contributed by atoms with van der Waals surface area (Å²) in [5.41, 5.74) is 4.58. The minimum Gasteiger partial charge on any atom is -0.620 e. The summed E-state index contributed by atoms with van der Waals surface area (Å²) < 4.78 is 13.2. The van der Waals surface area contributed by atoms with Crippen LogP contribution < -0.4 is 15.3 Å². The van der Waals surface area contributed by atoms with Gasteiger partial charge >= 0.3 is 0 Å². The molecule has 3 aromatic rings. The molecular weight excluding hydrogens is 443 g/mol. The van der Waals surface area contributed by atoms with Gasteiger partial charge in [-0.25, -0.2) is 9.37 Å². The van der Waals surface area contributed by atoms with Gasteiger partial charge in [0.15, 0.2) is 0 Å². The molecule has 0 spiro atoms. The second-order valence-corrected chi connectivity index (χ2v) is 9.60. The number of likely N-dealkylation sites (tertiary alicyclic amines) is 1. The van der Waals surface area contributed by atoms with Gasteiger partial charge in [-0.3, -0.25) is 9.96 Å². The number of hydrogen-bond donors (Lipinski definition) is 2. The molecule has 2 aliphatic heterocycles. The molecule has 5 rings (SSSR count). The quantitative estimate of drug-likeness (QED) is 0.385. The van der Waals surface area contributed by atoms with E-state index in [2.05, 4.69) is 15.5 Å². The summed E-state index contributed by atoms with van der Waals surface area (Å²) in [6.07, 6.45) is 3.78. The Labute approximate surface area is 206 Å². The Morgan fingerprint density at radius 2 is 1.86 bits per heavy atom. The van der Waals surface area contributed by atoms with Gasteiger partial charge in [-0.2, -0.15) is 4.98 Å². The lowest BCUT2D eigenvalue weighted by Crippen LogP contribution is -2.50. The molecule has 1 saturated heterocycles. The molecule has 0 saturated carbocycles. The minimum absolute atomic E-state index is 0.184. The van der Waals surface area contributed by atoms with Crippen LogP contribution in [0.4, 0.5) is 21.8 Å². The highest BCUT2D eigenvalue weighted by Crippen LogP contribution is 2.42. The van der Waals surface area contributed by atoms with Crippen LogP contribution in [0, 0.1) is 24.9 Å². The van der Waals surface area contributed by atoms with Gasteiger partial charge in [0, 0.05) is 36.8 Å². The summed E-state index contributed by atoms with van der Waals surface area (Å²) in [5.74, 6) is 0.585. The molecule has 2 aromatic carbocycles. The van der Waals surface area contributed by atoms with Crippen molar-refractivity contribution in [3.63, 3.8) is 0 Å². The van der Waals surface area contributed by atoms with Crippen LogP contribution in [0.5, 0.6) is 0 Å². The monoisotopic (exact) mass is 476 g/mol. The Bertz CT molecular complexity index is 1210. The van der Waals surface area contributed by atoms with E-state index in [9.17, 15) is 9.60 Å². The number of piperidine rings is 1. The van der Waals surface area contributed by atoms with E-state index in [1.54, 1.807) is 6.07 Å². The largest absolute Gasteiger partial charge is 0.620 e. The average molecular weight is 477 g/mol. The van der Waals surface area contributed by atoms with E-state index in [-0.39, 0.29) is 12.5 Å². The number of nitrogens with one attached hydrogen (secondary N) is 2. The lowest BCUT2D eigenvalue weighted by Gasteiger charge is -2.44. The highest BCUT2D eigenvalue weighted by Gasteiger charge is 2.36. The van der Waals surface area contributed by atoms with Gasteiger partial charge in [0.25, 0.3) is 0 Å². The van der Waals surface area contributed by atoms with Gasteiger partial charge in [0.2, 0.25) is 11.8 Å². The molecule has 35 heavy (non-hydrogen) atoms. The number of quaternary nitrogens is 1. The van der Waals surface area contributed by atoms with E-state index in [0.29, 0.717) is 36.2 Å². The van der Waals surface area contributed by atoms with Crippen LogP contribution in [-0.2, 0) is 6.54 Å². The van der Waals surface area contributed by atoms with Gasteiger partial charge in [-0.15, -0.1) is 0 Å². The number of rotatable bonds is 6. The molecule has 0 bridgehead atoms. The van der Waals surface area contributed by atoms with Crippen molar-refractivity contribution in [3.8, 4) is 11.3 Å². The lowest BCUT2D eigenvalue weighted by molar-refractivity contribution is 0.237. The number of benzene rings is 2. The fraction of sp³-hybridized carbons (Fsp3) is 0.407. The molecule has 2 aliphatic rings. The first kappa shape index (κ1) is 23.8. The Hall–Kier alpha value is -2.91. The van der Waals surface area contributed by atoms with Crippen LogP contribution in [-0.4, -0.2) is 47.7 Å².